The molecule has 1 aromatic heterocycles. The van der Waals surface area contributed by atoms with Crippen LogP contribution in [0, 0.1) is 6.92 Å². The quantitative estimate of drug-likeness (QED) is 0.782. The van der Waals surface area contributed by atoms with Gasteiger partial charge >= 0.3 is 5.97 Å². The third kappa shape index (κ3) is 2.45. The zero-order valence-corrected chi connectivity index (χ0v) is 14.6. The number of furan rings is 1. The van der Waals surface area contributed by atoms with Crippen molar-refractivity contribution in [2.75, 3.05) is 13.7 Å². The summed E-state index contributed by atoms with van der Waals surface area (Å²) in [5, 5.41) is 12.3. The maximum absolute atomic E-state index is 13.1. The summed E-state index contributed by atoms with van der Waals surface area (Å²) in [7, 11) is 1.52. The first-order valence-electron chi connectivity index (χ1n) is 8.48. The standard InChI is InChI=1S/C20H19NO5/c1-11-14-8-7-12-5-3-4-6-15(12)18(14)26-17(11)19(22)21-10-13(25-2)9-16(21)20(23)24/h3-8,13,16H,9-10H2,1-2H3,(H,23,24). The van der Waals surface area contributed by atoms with Crippen LogP contribution in [0.4, 0.5) is 0 Å². The van der Waals surface area contributed by atoms with Crippen LogP contribution in [-0.4, -0.2) is 47.7 Å². The Hall–Kier alpha value is -2.86. The normalized spacial score (nSPS) is 20.2. The zero-order chi connectivity index (χ0) is 18.4. The molecule has 1 aliphatic heterocycles. The minimum Gasteiger partial charge on any atom is -0.480 e. The van der Waals surface area contributed by atoms with E-state index in [2.05, 4.69) is 0 Å². The summed E-state index contributed by atoms with van der Waals surface area (Å²) in [6.07, 6.45) is -0.00895. The van der Waals surface area contributed by atoms with E-state index < -0.39 is 17.9 Å². The predicted octanol–water partition coefficient (Wildman–Crippen LogP) is 3.21. The van der Waals surface area contributed by atoms with E-state index in [4.69, 9.17) is 9.15 Å². The molecule has 2 unspecified atom stereocenters. The fourth-order valence-corrected chi connectivity index (χ4v) is 3.71. The fourth-order valence-electron chi connectivity index (χ4n) is 3.71. The lowest BCUT2D eigenvalue weighted by atomic mass is 10.1. The number of hydrogen-bond acceptors (Lipinski definition) is 4. The van der Waals surface area contributed by atoms with Crippen molar-refractivity contribution in [1.29, 1.82) is 0 Å². The lowest BCUT2D eigenvalue weighted by Crippen LogP contribution is -2.40. The SMILES string of the molecule is COC1CC(C(=O)O)N(C(=O)c2oc3c(ccc4ccccc43)c2C)C1. The number of carbonyl (C=O) groups is 2. The maximum Gasteiger partial charge on any atom is 0.326 e. The summed E-state index contributed by atoms with van der Waals surface area (Å²) < 4.78 is 11.2. The number of amides is 1. The first-order chi connectivity index (χ1) is 12.5. The van der Waals surface area contributed by atoms with Gasteiger partial charge in [-0.2, -0.15) is 0 Å². The largest absolute Gasteiger partial charge is 0.480 e. The van der Waals surface area contributed by atoms with E-state index in [1.165, 1.54) is 12.0 Å². The molecule has 2 atom stereocenters. The summed E-state index contributed by atoms with van der Waals surface area (Å²) in [4.78, 5) is 26.0. The van der Waals surface area contributed by atoms with Crippen LogP contribution in [0.2, 0.25) is 0 Å². The average molecular weight is 353 g/mol. The van der Waals surface area contributed by atoms with Crippen LogP contribution in [0.25, 0.3) is 21.7 Å². The first-order valence-corrected chi connectivity index (χ1v) is 8.48. The molecular weight excluding hydrogens is 334 g/mol. The molecule has 0 aliphatic carbocycles. The highest BCUT2D eigenvalue weighted by Crippen LogP contribution is 2.33. The summed E-state index contributed by atoms with van der Waals surface area (Å²) in [6, 6.07) is 10.8. The summed E-state index contributed by atoms with van der Waals surface area (Å²) in [5.41, 5.74) is 1.37. The topological polar surface area (TPSA) is 80.0 Å². The molecule has 1 saturated heterocycles. The Bertz CT molecular complexity index is 1020. The van der Waals surface area contributed by atoms with E-state index in [-0.39, 0.29) is 24.8 Å². The molecule has 0 radical (unpaired) electrons. The molecule has 6 heteroatoms. The Morgan fingerprint density at radius 1 is 1.19 bits per heavy atom. The number of aryl methyl sites for hydroxylation is 1. The number of likely N-dealkylation sites (tertiary alicyclic amines) is 1. The molecule has 1 N–H and O–H groups in total. The van der Waals surface area contributed by atoms with Crippen molar-refractivity contribution in [3.05, 3.63) is 47.7 Å². The molecule has 4 rings (SSSR count). The smallest absolute Gasteiger partial charge is 0.326 e. The third-order valence-electron chi connectivity index (χ3n) is 5.16. The van der Waals surface area contributed by atoms with Crippen molar-refractivity contribution >= 4 is 33.6 Å². The monoisotopic (exact) mass is 353 g/mol. The van der Waals surface area contributed by atoms with Gasteiger partial charge in [0.1, 0.15) is 11.6 Å². The van der Waals surface area contributed by atoms with E-state index in [0.717, 1.165) is 21.7 Å². The minimum atomic E-state index is -1.03. The molecule has 6 nitrogen and oxygen atoms in total. The summed E-state index contributed by atoms with van der Waals surface area (Å²) in [5.74, 6) is -1.24. The molecule has 0 spiro atoms. The highest BCUT2D eigenvalue weighted by Gasteiger charge is 2.41. The number of nitrogens with zero attached hydrogens (tertiary/aromatic N) is 1. The van der Waals surface area contributed by atoms with Crippen LogP contribution in [0.1, 0.15) is 22.5 Å². The molecule has 134 valence electrons. The Kier molecular flexibility index (Phi) is 3.92. The van der Waals surface area contributed by atoms with Crippen molar-refractivity contribution in [3.8, 4) is 0 Å². The number of aliphatic carboxylic acids is 1. The molecule has 1 amide bonds. The minimum absolute atomic E-state index is 0.194. The second-order valence-corrected chi connectivity index (χ2v) is 6.62. The van der Waals surface area contributed by atoms with Crippen molar-refractivity contribution < 1.29 is 23.8 Å². The molecule has 2 heterocycles. The van der Waals surface area contributed by atoms with Gasteiger partial charge in [-0.3, -0.25) is 4.79 Å². The van der Waals surface area contributed by atoms with E-state index >= 15 is 0 Å². The molecule has 0 saturated carbocycles. The van der Waals surface area contributed by atoms with Gasteiger partial charge in [-0.25, -0.2) is 4.79 Å². The highest BCUT2D eigenvalue weighted by molar-refractivity contribution is 6.09. The van der Waals surface area contributed by atoms with Crippen LogP contribution < -0.4 is 0 Å². The lowest BCUT2D eigenvalue weighted by Gasteiger charge is -2.20. The molecule has 0 bridgehead atoms. The van der Waals surface area contributed by atoms with Gasteiger partial charge in [-0.1, -0.05) is 36.4 Å². The predicted molar refractivity (Wildman–Crippen MR) is 96.3 cm³/mol. The van der Waals surface area contributed by atoms with Gasteiger partial charge < -0.3 is 19.2 Å². The lowest BCUT2D eigenvalue weighted by molar-refractivity contribution is -0.141. The van der Waals surface area contributed by atoms with Crippen LogP contribution in [-0.2, 0) is 9.53 Å². The van der Waals surface area contributed by atoms with Gasteiger partial charge in [0.25, 0.3) is 5.91 Å². The summed E-state index contributed by atoms with van der Waals surface area (Å²) in [6.45, 7) is 2.07. The van der Waals surface area contributed by atoms with Crippen LogP contribution in [0.5, 0.6) is 0 Å². The molecule has 3 aromatic rings. The van der Waals surface area contributed by atoms with Gasteiger partial charge in [-0.05, 0) is 12.3 Å². The molecule has 1 fully saturated rings. The average Bonchev–Trinajstić information content (AvgIpc) is 3.23. The molecule has 26 heavy (non-hydrogen) atoms. The second kappa shape index (κ2) is 6.14. The number of rotatable bonds is 3. The van der Waals surface area contributed by atoms with Crippen LogP contribution >= 0.6 is 0 Å². The van der Waals surface area contributed by atoms with Crippen molar-refractivity contribution in [2.24, 2.45) is 0 Å². The van der Waals surface area contributed by atoms with Crippen molar-refractivity contribution in [1.82, 2.24) is 4.90 Å². The van der Waals surface area contributed by atoms with Crippen LogP contribution in [0.15, 0.2) is 40.8 Å². The first kappa shape index (κ1) is 16.6. The molecule has 1 aliphatic rings. The van der Waals surface area contributed by atoms with Gasteiger partial charge in [0.05, 0.1) is 6.10 Å². The van der Waals surface area contributed by atoms with E-state index in [0.29, 0.717) is 5.58 Å². The molecular formula is C20H19NO5. The van der Waals surface area contributed by atoms with Gasteiger partial charge in [0.2, 0.25) is 0 Å². The van der Waals surface area contributed by atoms with Gasteiger partial charge in [-0.15, -0.1) is 0 Å². The number of benzene rings is 2. The van der Waals surface area contributed by atoms with Crippen LogP contribution in [0.3, 0.4) is 0 Å². The Balaban J connectivity index is 1.81. The zero-order valence-electron chi connectivity index (χ0n) is 14.6. The Morgan fingerprint density at radius 3 is 2.69 bits per heavy atom. The van der Waals surface area contributed by atoms with Gasteiger partial charge in [0, 0.05) is 36.4 Å². The number of ether oxygens (including phenoxy) is 1. The van der Waals surface area contributed by atoms with Gasteiger partial charge in [0.15, 0.2) is 5.76 Å². The number of methoxy groups -OCH3 is 1. The molecule has 2 aromatic carbocycles. The van der Waals surface area contributed by atoms with E-state index in [9.17, 15) is 14.7 Å². The van der Waals surface area contributed by atoms with Crippen molar-refractivity contribution in [2.45, 2.75) is 25.5 Å². The number of carboxylic acid groups (broad SMARTS) is 1. The Morgan fingerprint density at radius 2 is 1.96 bits per heavy atom. The number of carbonyl (C=O) groups excluding carboxylic acids is 1. The number of hydrogen-bond donors (Lipinski definition) is 1. The van der Waals surface area contributed by atoms with E-state index in [1.807, 2.05) is 43.3 Å². The van der Waals surface area contributed by atoms with Crippen molar-refractivity contribution in [3.63, 3.8) is 0 Å². The number of carboxylic acids is 1. The Labute approximate surface area is 149 Å². The second-order valence-electron chi connectivity index (χ2n) is 6.62. The fraction of sp³-hybridized carbons (Fsp3) is 0.300. The van der Waals surface area contributed by atoms with E-state index in [1.54, 1.807) is 0 Å². The number of fused-ring (bicyclic) bond motifs is 3. The highest BCUT2D eigenvalue weighted by atomic mass is 16.5. The maximum atomic E-state index is 13.1. The summed E-state index contributed by atoms with van der Waals surface area (Å²) >= 11 is 0. The third-order valence-corrected chi connectivity index (χ3v) is 5.16.